The SMILES string of the molecule is CN(C)C1CCCN(C(=O)C(C)(N)c2ccccc2)C1.Cl.Cl. The van der Waals surface area contributed by atoms with Crippen LogP contribution in [0.15, 0.2) is 30.3 Å². The summed E-state index contributed by atoms with van der Waals surface area (Å²) in [5, 5.41) is 0. The smallest absolute Gasteiger partial charge is 0.247 e. The number of hydrogen-bond donors (Lipinski definition) is 1. The Hall–Kier alpha value is -0.810. The Morgan fingerprint density at radius 3 is 2.41 bits per heavy atom. The summed E-state index contributed by atoms with van der Waals surface area (Å²) < 4.78 is 0. The molecule has 0 aliphatic carbocycles. The maximum atomic E-state index is 12.8. The van der Waals surface area contributed by atoms with Crippen LogP contribution < -0.4 is 5.73 Å². The van der Waals surface area contributed by atoms with Gasteiger partial charge in [-0.2, -0.15) is 0 Å². The third kappa shape index (κ3) is 4.59. The first-order chi connectivity index (χ1) is 9.43. The number of nitrogens with two attached hydrogens (primary N) is 1. The zero-order valence-electron chi connectivity index (χ0n) is 13.5. The molecule has 2 rings (SSSR count). The Labute approximate surface area is 145 Å². The lowest BCUT2D eigenvalue weighted by Crippen LogP contribution is -2.56. The summed E-state index contributed by atoms with van der Waals surface area (Å²) in [5.74, 6) is 0.0234. The van der Waals surface area contributed by atoms with Gasteiger partial charge in [0.2, 0.25) is 5.91 Å². The number of amides is 1. The summed E-state index contributed by atoms with van der Waals surface area (Å²) in [7, 11) is 4.13. The van der Waals surface area contributed by atoms with Gasteiger partial charge in [-0.05, 0) is 39.4 Å². The van der Waals surface area contributed by atoms with Gasteiger partial charge in [-0.25, -0.2) is 0 Å². The highest BCUT2D eigenvalue weighted by atomic mass is 35.5. The van der Waals surface area contributed by atoms with Gasteiger partial charge in [0.05, 0.1) is 0 Å². The molecule has 22 heavy (non-hydrogen) atoms. The predicted molar refractivity (Wildman–Crippen MR) is 95.8 cm³/mol. The first-order valence-corrected chi connectivity index (χ1v) is 7.23. The molecule has 0 radical (unpaired) electrons. The van der Waals surface area contributed by atoms with Crippen molar-refractivity contribution in [1.82, 2.24) is 9.80 Å². The minimum Gasteiger partial charge on any atom is -0.339 e. The quantitative estimate of drug-likeness (QED) is 0.912. The molecule has 1 heterocycles. The van der Waals surface area contributed by atoms with Crippen LogP contribution in [-0.4, -0.2) is 48.9 Å². The predicted octanol–water partition coefficient (Wildman–Crippen LogP) is 2.26. The number of halogens is 2. The fourth-order valence-corrected chi connectivity index (χ4v) is 2.80. The second-order valence-corrected chi connectivity index (χ2v) is 6.08. The number of rotatable bonds is 3. The molecule has 2 unspecified atom stereocenters. The molecule has 0 aromatic heterocycles. The lowest BCUT2D eigenvalue weighted by Gasteiger charge is -2.39. The van der Waals surface area contributed by atoms with Crippen molar-refractivity contribution in [3.05, 3.63) is 35.9 Å². The van der Waals surface area contributed by atoms with Crippen molar-refractivity contribution in [2.45, 2.75) is 31.3 Å². The molecule has 1 amide bonds. The molecule has 1 aliphatic heterocycles. The highest BCUT2D eigenvalue weighted by Crippen LogP contribution is 2.23. The number of likely N-dealkylation sites (tertiary alicyclic amines) is 1. The van der Waals surface area contributed by atoms with Crippen LogP contribution in [0.5, 0.6) is 0 Å². The topological polar surface area (TPSA) is 49.6 Å². The number of benzene rings is 1. The molecule has 0 bridgehead atoms. The van der Waals surface area contributed by atoms with Crippen molar-refractivity contribution >= 4 is 30.7 Å². The van der Waals surface area contributed by atoms with E-state index in [1.807, 2.05) is 42.2 Å². The van der Waals surface area contributed by atoms with E-state index in [4.69, 9.17) is 5.73 Å². The molecule has 1 aliphatic rings. The van der Waals surface area contributed by atoms with E-state index >= 15 is 0 Å². The number of nitrogens with zero attached hydrogens (tertiary/aromatic N) is 2. The van der Waals surface area contributed by atoms with Gasteiger partial charge in [0, 0.05) is 19.1 Å². The Morgan fingerprint density at radius 2 is 1.86 bits per heavy atom. The zero-order chi connectivity index (χ0) is 14.8. The van der Waals surface area contributed by atoms with E-state index in [2.05, 4.69) is 19.0 Å². The summed E-state index contributed by atoms with van der Waals surface area (Å²) in [4.78, 5) is 16.9. The molecule has 2 N–H and O–H groups in total. The van der Waals surface area contributed by atoms with Crippen molar-refractivity contribution in [2.75, 3.05) is 27.2 Å². The van der Waals surface area contributed by atoms with Crippen molar-refractivity contribution in [1.29, 1.82) is 0 Å². The molecule has 2 atom stereocenters. The number of piperidine rings is 1. The number of carbonyl (C=O) groups excluding carboxylic acids is 1. The highest BCUT2D eigenvalue weighted by Gasteiger charge is 2.36. The van der Waals surface area contributed by atoms with Crippen LogP contribution >= 0.6 is 24.8 Å². The largest absolute Gasteiger partial charge is 0.339 e. The zero-order valence-corrected chi connectivity index (χ0v) is 15.1. The number of hydrogen-bond acceptors (Lipinski definition) is 3. The van der Waals surface area contributed by atoms with Crippen LogP contribution in [-0.2, 0) is 10.3 Å². The maximum absolute atomic E-state index is 12.8. The second-order valence-electron chi connectivity index (χ2n) is 6.08. The maximum Gasteiger partial charge on any atom is 0.247 e. The van der Waals surface area contributed by atoms with E-state index in [1.54, 1.807) is 0 Å². The van der Waals surface area contributed by atoms with Gasteiger partial charge in [-0.15, -0.1) is 24.8 Å². The Balaban J connectivity index is 0.00000220. The molecule has 1 aromatic rings. The Morgan fingerprint density at radius 1 is 1.27 bits per heavy atom. The average Bonchev–Trinajstić information content (AvgIpc) is 2.47. The summed E-state index contributed by atoms with van der Waals surface area (Å²) in [6.07, 6.45) is 2.18. The molecule has 1 aromatic carbocycles. The molecular formula is C16H27Cl2N3O. The Bertz CT molecular complexity index is 466. The van der Waals surface area contributed by atoms with Crippen molar-refractivity contribution in [3.8, 4) is 0 Å². The first-order valence-electron chi connectivity index (χ1n) is 7.23. The molecule has 0 spiro atoms. The van der Waals surface area contributed by atoms with E-state index in [1.165, 1.54) is 0 Å². The van der Waals surface area contributed by atoms with Crippen LogP contribution in [0.25, 0.3) is 0 Å². The van der Waals surface area contributed by atoms with Gasteiger partial charge in [0.25, 0.3) is 0 Å². The van der Waals surface area contributed by atoms with Crippen molar-refractivity contribution in [2.24, 2.45) is 5.73 Å². The summed E-state index contributed by atoms with van der Waals surface area (Å²) >= 11 is 0. The average molecular weight is 348 g/mol. The van der Waals surface area contributed by atoms with Crippen LogP contribution in [0.4, 0.5) is 0 Å². The molecule has 1 fully saturated rings. The summed E-state index contributed by atoms with van der Waals surface area (Å²) in [6.45, 7) is 3.39. The van der Waals surface area contributed by atoms with E-state index in [0.29, 0.717) is 6.04 Å². The minimum atomic E-state index is -0.949. The molecule has 4 nitrogen and oxygen atoms in total. The van der Waals surface area contributed by atoms with Crippen LogP contribution in [0, 0.1) is 0 Å². The fraction of sp³-hybridized carbons (Fsp3) is 0.562. The third-order valence-electron chi connectivity index (χ3n) is 4.23. The van der Waals surface area contributed by atoms with Gasteiger partial charge in [0.15, 0.2) is 0 Å². The van der Waals surface area contributed by atoms with Gasteiger partial charge in [0.1, 0.15) is 5.54 Å². The first kappa shape index (κ1) is 21.2. The van der Waals surface area contributed by atoms with Crippen molar-refractivity contribution in [3.63, 3.8) is 0 Å². The van der Waals surface area contributed by atoms with Gasteiger partial charge in [-0.3, -0.25) is 4.79 Å². The molecular weight excluding hydrogens is 321 g/mol. The van der Waals surface area contributed by atoms with E-state index in [9.17, 15) is 4.79 Å². The highest BCUT2D eigenvalue weighted by molar-refractivity contribution is 5.87. The fourth-order valence-electron chi connectivity index (χ4n) is 2.80. The normalized spacial score (nSPS) is 20.6. The molecule has 1 saturated heterocycles. The van der Waals surface area contributed by atoms with E-state index in [0.717, 1.165) is 31.5 Å². The standard InChI is InChI=1S/C16H25N3O.2ClH/c1-16(17,13-8-5-4-6-9-13)15(20)19-11-7-10-14(12-19)18(2)3;;/h4-6,8-9,14H,7,10-12,17H2,1-3H3;2*1H. The number of carbonyl (C=O) groups is 1. The minimum absolute atomic E-state index is 0. The van der Waals surface area contributed by atoms with E-state index in [-0.39, 0.29) is 30.7 Å². The van der Waals surface area contributed by atoms with Crippen LogP contribution in [0.1, 0.15) is 25.3 Å². The summed E-state index contributed by atoms with van der Waals surface area (Å²) in [6, 6.07) is 10.1. The lowest BCUT2D eigenvalue weighted by atomic mass is 9.90. The lowest BCUT2D eigenvalue weighted by molar-refractivity contribution is -0.138. The summed E-state index contributed by atoms with van der Waals surface area (Å²) in [5.41, 5.74) is 6.25. The third-order valence-corrected chi connectivity index (χ3v) is 4.23. The second kappa shape index (κ2) is 8.73. The van der Waals surface area contributed by atoms with Gasteiger partial charge >= 0.3 is 0 Å². The van der Waals surface area contributed by atoms with Crippen LogP contribution in [0.3, 0.4) is 0 Å². The monoisotopic (exact) mass is 347 g/mol. The van der Waals surface area contributed by atoms with Crippen molar-refractivity contribution < 1.29 is 4.79 Å². The van der Waals surface area contributed by atoms with Gasteiger partial charge < -0.3 is 15.5 Å². The Kier molecular flexibility index (Phi) is 8.40. The molecule has 6 heteroatoms. The van der Waals surface area contributed by atoms with E-state index < -0.39 is 5.54 Å². The molecule has 0 saturated carbocycles. The molecule has 126 valence electrons. The van der Waals surface area contributed by atoms with Gasteiger partial charge in [-0.1, -0.05) is 30.3 Å². The number of likely N-dealkylation sites (N-methyl/N-ethyl adjacent to an activating group) is 1. The van der Waals surface area contributed by atoms with Crippen LogP contribution in [0.2, 0.25) is 0 Å².